The number of aliphatic imine (C=N–C) groups is 2. The zero-order valence-electron chi connectivity index (χ0n) is 47.5. The van der Waals surface area contributed by atoms with Gasteiger partial charge in [-0.05, 0) is 76.0 Å². The summed E-state index contributed by atoms with van der Waals surface area (Å²) in [7, 11) is 0. The summed E-state index contributed by atoms with van der Waals surface area (Å²) in [4.78, 5) is 191. The lowest BCUT2D eigenvalue weighted by Gasteiger charge is -2.27. The van der Waals surface area contributed by atoms with Gasteiger partial charge in [-0.15, -0.1) is 0 Å². The van der Waals surface area contributed by atoms with Gasteiger partial charge < -0.3 is 103 Å². The van der Waals surface area contributed by atoms with Gasteiger partial charge in [0, 0.05) is 26.2 Å². The van der Waals surface area contributed by atoms with Crippen LogP contribution in [-0.4, -0.2) is 199 Å². The number of guanidine groups is 2. The second kappa shape index (κ2) is 36.5. The van der Waals surface area contributed by atoms with Gasteiger partial charge in [0.2, 0.25) is 70.9 Å². The van der Waals surface area contributed by atoms with Crippen LogP contribution < -0.4 is 92.5 Å². The summed E-state index contributed by atoms with van der Waals surface area (Å²) in [6.45, 7) is 4.95. The highest BCUT2D eigenvalue weighted by Crippen LogP contribution is 2.12. The van der Waals surface area contributed by atoms with Crippen molar-refractivity contribution in [3.05, 3.63) is 0 Å². The predicted molar refractivity (Wildman–Crippen MR) is 297 cm³/mol. The van der Waals surface area contributed by atoms with Gasteiger partial charge in [-0.1, -0.05) is 27.7 Å². The van der Waals surface area contributed by atoms with E-state index < -0.39 is 175 Å². The molecule has 0 aliphatic carbocycles. The molecular formula is C49H83N19O16. The Bertz CT molecular complexity index is 2270. The van der Waals surface area contributed by atoms with Crippen LogP contribution >= 0.6 is 0 Å². The van der Waals surface area contributed by atoms with E-state index in [0.717, 1.165) is 0 Å². The molecule has 0 bridgehead atoms. The summed E-state index contributed by atoms with van der Waals surface area (Å²) < 4.78 is 0. The molecule has 2 aliphatic heterocycles. The zero-order valence-corrected chi connectivity index (χ0v) is 47.5. The first-order valence-electron chi connectivity index (χ1n) is 27.3. The molecular weight excluding hydrogens is 1110 g/mol. The lowest BCUT2D eigenvalue weighted by Crippen LogP contribution is -2.59. The molecule has 0 spiro atoms. The van der Waals surface area contributed by atoms with Crippen molar-refractivity contribution in [3.63, 3.8) is 0 Å². The minimum atomic E-state index is -1.74. The average molecular weight is 1190 g/mol. The molecule has 84 heavy (non-hydrogen) atoms. The minimum Gasteiger partial charge on any atom is -0.481 e. The van der Waals surface area contributed by atoms with E-state index in [4.69, 9.17) is 28.7 Å². The Hall–Kier alpha value is -8.92. The van der Waals surface area contributed by atoms with Crippen molar-refractivity contribution in [3.8, 4) is 0 Å². The Morgan fingerprint density at radius 2 is 0.762 bits per heavy atom. The molecule has 35 nitrogen and oxygen atoms in total. The Morgan fingerprint density at radius 1 is 0.452 bits per heavy atom. The average Bonchev–Trinajstić information content (AvgIpc) is 3.70. The first-order valence-corrected chi connectivity index (χ1v) is 27.3. The Labute approximate surface area is 483 Å². The maximum atomic E-state index is 13.8. The third-order valence-electron chi connectivity index (χ3n) is 12.8. The molecule has 2 rings (SSSR count). The van der Waals surface area contributed by atoms with Crippen LogP contribution in [0.2, 0.25) is 0 Å². The smallest absolute Gasteiger partial charge is 0.305 e. The molecule has 2 unspecified atom stereocenters. The zero-order chi connectivity index (χ0) is 63.2. The normalized spacial score (nSPS) is 22.9. The number of carboxylic acids is 2. The van der Waals surface area contributed by atoms with Crippen LogP contribution in [0.1, 0.15) is 105 Å². The highest BCUT2D eigenvalue weighted by molar-refractivity contribution is 6.04. The predicted octanol–water partition coefficient (Wildman–Crippen LogP) is -8.61. The van der Waals surface area contributed by atoms with Crippen LogP contribution in [0, 0.1) is 11.8 Å². The fraction of sp³-hybridized carbons (Fsp3) is 0.673. The van der Waals surface area contributed by atoms with Gasteiger partial charge in [-0.25, -0.2) is 0 Å². The fourth-order valence-electron chi connectivity index (χ4n) is 8.28. The molecule has 0 radical (unpaired) electrons. The van der Waals surface area contributed by atoms with Gasteiger partial charge in [0.25, 0.3) is 0 Å². The van der Waals surface area contributed by atoms with Gasteiger partial charge in [0.05, 0.1) is 25.9 Å². The number of nitrogens with one attached hydrogen (secondary N) is 12. The van der Waals surface area contributed by atoms with Crippen molar-refractivity contribution in [2.24, 2.45) is 50.5 Å². The van der Waals surface area contributed by atoms with E-state index in [1.807, 2.05) is 0 Å². The summed E-state index contributed by atoms with van der Waals surface area (Å²) in [6, 6.07) is -13.1. The van der Waals surface area contributed by atoms with Crippen molar-refractivity contribution in [1.82, 2.24) is 63.8 Å². The van der Waals surface area contributed by atoms with Crippen molar-refractivity contribution >= 4 is 94.7 Å². The van der Waals surface area contributed by atoms with Gasteiger partial charge in [-0.3, -0.25) is 77.1 Å². The molecule has 2 aliphatic rings. The first kappa shape index (κ1) is 71.2. The summed E-state index contributed by atoms with van der Waals surface area (Å²) in [5, 5.41) is 48.4. The van der Waals surface area contributed by atoms with E-state index in [1.165, 1.54) is 0 Å². The Kier molecular flexibility index (Phi) is 31.0. The number of carbonyl (C=O) groups excluding carboxylic acids is 12. The van der Waals surface area contributed by atoms with Crippen LogP contribution in [0.5, 0.6) is 0 Å². The van der Waals surface area contributed by atoms with Crippen molar-refractivity contribution in [2.75, 3.05) is 39.3 Å². The SMILES string of the molecule is CC(C)[C@@H]1NC(=O)[C@@H](CCCN=C(N)N)NC(=O)CNC(=O)[C@@H](CC(=O)O)NC(=O)C(CCCCNC(=O)C(N)C(=O)NCCCC[C@H]2NC(=O)[C@H](C(C)C)NC(=O)[C@@H](CCCN=C(N)N)NC(=O)CNC(=O)[C@@H](CC(=O)O)NC2=O)NC1=O. The van der Waals surface area contributed by atoms with Crippen molar-refractivity contribution in [1.29, 1.82) is 0 Å². The second-order valence-electron chi connectivity index (χ2n) is 20.5. The number of carboxylic acid groups (broad SMARTS) is 2. The van der Waals surface area contributed by atoms with E-state index in [-0.39, 0.29) is 102 Å². The molecule has 2 saturated heterocycles. The number of nitrogens with two attached hydrogens (primary N) is 5. The van der Waals surface area contributed by atoms with Crippen LogP contribution in [0.3, 0.4) is 0 Å². The molecule has 0 saturated carbocycles. The maximum absolute atomic E-state index is 13.8. The molecule has 0 aromatic heterocycles. The van der Waals surface area contributed by atoms with E-state index in [9.17, 15) is 77.3 Å². The van der Waals surface area contributed by atoms with Crippen LogP contribution in [0.25, 0.3) is 0 Å². The lowest BCUT2D eigenvalue weighted by atomic mass is 10.0. The largest absolute Gasteiger partial charge is 0.481 e. The number of aliphatic carboxylic acids is 2. The molecule has 0 aromatic rings. The third-order valence-corrected chi connectivity index (χ3v) is 12.8. The van der Waals surface area contributed by atoms with Gasteiger partial charge in [0.15, 0.2) is 18.0 Å². The number of nitrogens with zero attached hydrogens (tertiary/aromatic N) is 2. The molecule has 35 heteroatoms. The van der Waals surface area contributed by atoms with Crippen LogP contribution in [-0.2, 0) is 67.1 Å². The maximum Gasteiger partial charge on any atom is 0.305 e. The highest BCUT2D eigenvalue weighted by Gasteiger charge is 2.36. The number of unbranched alkanes of at least 4 members (excludes halogenated alkanes) is 2. The van der Waals surface area contributed by atoms with E-state index in [1.54, 1.807) is 27.7 Å². The first-order chi connectivity index (χ1) is 39.5. The molecule has 9 atom stereocenters. The molecule has 470 valence electrons. The van der Waals surface area contributed by atoms with E-state index in [0.29, 0.717) is 0 Å². The summed E-state index contributed by atoms with van der Waals surface area (Å²) in [5.74, 6) is -15.4. The van der Waals surface area contributed by atoms with Crippen molar-refractivity contribution < 1.29 is 77.3 Å². The Balaban J connectivity index is 2.15. The lowest BCUT2D eigenvalue weighted by molar-refractivity contribution is -0.141. The van der Waals surface area contributed by atoms with E-state index in [2.05, 4.69) is 73.8 Å². The quantitative estimate of drug-likeness (QED) is 0.0165. The minimum absolute atomic E-state index is 0.00626. The second-order valence-corrected chi connectivity index (χ2v) is 20.5. The van der Waals surface area contributed by atoms with Gasteiger partial charge >= 0.3 is 11.9 Å². The van der Waals surface area contributed by atoms with Crippen molar-refractivity contribution in [2.45, 2.75) is 159 Å². The fourth-order valence-corrected chi connectivity index (χ4v) is 8.28. The monoisotopic (exact) mass is 1190 g/mol. The number of carbonyl (C=O) groups is 14. The molecule has 2 heterocycles. The van der Waals surface area contributed by atoms with Gasteiger partial charge in [-0.2, -0.15) is 0 Å². The molecule has 2 fully saturated rings. The van der Waals surface area contributed by atoms with E-state index >= 15 is 0 Å². The van der Waals surface area contributed by atoms with Gasteiger partial charge in [0.1, 0.15) is 48.3 Å². The summed E-state index contributed by atoms with van der Waals surface area (Å²) in [6.07, 6.45) is -1.33. The topological polar surface area (TPSA) is 579 Å². The number of hydrogen-bond donors (Lipinski definition) is 19. The van der Waals surface area contributed by atoms with Crippen LogP contribution in [0.15, 0.2) is 9.98 Å². The summed E-state index contributed by atoms with van der Waals surface area (Å²) >= 11 is 0. The third kappa shape index (κ3) is 26.8. The molecule has 24 N–H and O–H groups in total. The highest BCUT2D eigenvalue weighted by atomic mass is 16.4. The standard InChI is InChI=1S/C49H83N19O16/c1-23(2)36-46(83)63-27(40(77)65-29(19-33(71)72)38(75)59-21-31(69)61-25(42(79)67-36)13-9-17-57-48(51)52)11-5-7-15-55-44(81)35(50)45(82)56-16-8-6-12-28-41(78)66-30(20-34(73)74)39(76)60-22-32(70)62-26(14-10-18-58-49(53)54)43(80)68-37(24(3)4)47(84)64-28/h23-30,35-37H,5-22,50H2,1-4H3,(H,55,81)(H,56,82)(H,59,75)(H,60,76)(H,61,69)(H,62,70)(H,63,83)(H,64,84)(H,65,77)(H,66,78)(H,67,79)(H,68,80)(H,71,72)(H,73,74)(H4,51,52,57)(H4,53,54,58)/t25-,26-,27-,28?,29-,30-,35?,36+,37+/m1/s1. The number of rotatable bonds is 26. The summed E-state index contributed by atoms with van der Waals surface area (Å²) in [5.41, 5.74) is 27.5. The number of amides is 12. The Morgan fingerprint density at radius 3 is 1.08 bits per heavy atom. The van der Waals surface area contributed by atoms with Crippen LogP contribution in [0.4, 0.5) is 0 Å². The number of hydrogen-bond acceptors (Lipinski definition) is 17. The molecule has 12 amide bonds. The molecule has 0 aromatic carbocycles.